The largest absolute Gasteiger partial charge is 0.497 e. The Morgan fingerprint density at radius 3 is 2.65 bits per heavy atom. The lowest BCUT2D eigenvalue weighted by atomic mass is 9.89. The molecule has 1 aliphatic heterocycles. The van der Waals surface area contributed by atoms with Crippen LogP contribution in [0.15, 0.2) is 54.9 Å². The van der Waals surface area contributed by atoms with Crippen LogP contribution in [0.25, 0.3) is 5.69 Å². The second-order valence-corrected chi connectivity index (χ2v) is 6.10. The van der Waals surface area contributed by atoms with Crippen LogP contribution >= 0.6 is 0 Å². The number of carbonyl (C=O) groups excluding carboxylic acids is 1. The molecule has 1 atom stereocenters. The Hall–Kier alpha value is -3.28. The van der Waals surface area contributed by atoms with Gasteiger partial charge in [0.25, 0.3) is 0 Å². The maximum Gasteiger partial charge on any atom is 0.226 e. The Morgan fingerprint density at radius 1 is 1.12 bits per heavy atom. The lowest BCUT2D eigenvalue weighted by molar-refractivity contribution is -0.116. The number of para-hydroxylation sites is 1. The molecule has 3 aromatic rings. The van der Waals surface area contributed by atoms with Crippen molar-refractivity contribution in [2.24, 2.45) is 0 Å². The molecule has 1 aromatic heterocycles. The number of fused-ring (bicyclic) bond motifs is 1. The van der Waals surface area contributed by atoms with E-state index in [4.69, 9.17) is 9.47 Å². The predicted octanol–water partition coefficient (Wildman–Crippen LogP) is 3.36. The van der Waals surface area contributed by atoms with E-state index in [9.17, 15) is 4.79 Å². The van der Waals surface area contributed by atoms with Gasteiger partial charge in [-0.25, -0.2) is 4.98 Å². The second kappa shape index (κ2) is 6.55. The van der Waals surface area contributed by atoms with Crippen molar-refractivity contribution in [1.29, 1.82) is 0 Å². The van der Waals surface area contributed by atoms with Gasteiger partial charge in [-0.15, -0.1) is 0 Å². The lowest BCUT2D eigenvalue weighted by Gasteiger charge is -2.25. The molecule has 0 aliphatic carbocycles. The molecular weight excluding hydrogens is 330 g/mol. The third kappa shape index (κ3) is 2.69. The van der Waals surface area contributed by atoms with Crippen LogP contribution in [-0.2, 0) is 4.79 Å². The predicted molar refractivity (Wildman–Crippen MR) is 98.2 cm³/mol. The van der Waals surface area contributed by atoms with E-state index in [0.29, 0.717) is 18.0 Å². The van der Waals surface area contributed by atoms with E-state index < -0.39 is 0 Å². The standard InChI is InChI=1S/C20H19N3O3/c1-25-14-8-9-17(26-2)15(10-14)16-11-18(24)22-20-19(16)21-12-23(20)13-6-4-3-5-7-13/h3-10,12,16H,11H2,1-2H3,(H,22,24)/t16-/m0/s1. The maximum absolute atomic E-state index is 12.4. The summed E-state index contributed by atoms with van der Waals surface area (Å²) >= 11 is 0. The highest BCUT2D eigenvalue weighted by molar-refractivity contribution is 5.94. The first-order valence-electron chi connectivity index (χ1n) is 8.35. The van der Waals surface area contributed by atoms with Gasteiger partial charge in [0.15, 0.2) is 0 Å². The highest BCUT2D eigenvalue weighted by Gasteiger charge is 2.33. The van der Waals surface area contributed by atoms with Crippen LogP contribution < -0.4 is 14.8 Å². The summed E-state index contributed by atoms with van der Waals surface area (Å²) in [5.74, 6) is 1.88. The topological polar surface area (TPSA) is 65.4 Å². The number of nitrogens with zero attached hydrogens (tertiary/aromatic N) is 2. The third-order valence-electron chi connectivity index (χ3n) is 4.62. The molecule has 132 valence electrons. The zero-order chi connectivity index (χ0) is 18.1. The highest BCUT2D eigenvalue weighted by Crippen LogP contribution is 2.41. The SMILES string of the molecule is COc1ccc(OC)c([C@@H]2CC(=O)Nc3c2ncn3-c2ccccc2)c1. The minimum absolute atomic E-state index is 0.0509. The number of ether oxygens (including phenoxy) is 2. The fourth-order valence-electron chi connectivity index (χ4n) is 3.36. The van der Waals surface area contributed by atoms with Gasteiger partial charge in [-0.1, -0.05) is 18.2 Å². The van der Waals surface area contributed by atoms with Crippen molar-refractivity contribution in [2.75, 3.05) is 19.5 Å². The van der Waals surface area contributed by atoms with Gasteiger partial charge in [0, 0.05) is 23.6 Å². The van der Waals surface area contributed by atoms with Crippen molar-refractivity contribution >= 4 is 11.7 Å². The van der Waals surface area contributed by atoms with Gasteiger partial charge < -0.3 is 14.8 Å². The Labute approximate surface area is 151 Å². The first-order valence-corrected chi connectivity index (χ1v) is 8.35. The van der Waals surface area contributed by atoms with Crippen LogP contribution in [0.1, 0.15) is 23.6 Å². The van der Waals surface area contributed by atoms with E-state index in [-0.39, 0.29) is 11.8 Å². The molecule has 6 nitrogen and oxygen atoms in total. The average molecular weight is 349 g/mol. The number of methoxy groups -OCH3 is 2. The Kier molecular flexibility index (Phi) is 4.08. The van der Waals surface area contributed by atoms with Crippen molar-refractivity contribution in [2.45, 2.75) is 12.3 Å². The van der Waals surface area contributed by atoms with Gasteiger partial charge in [-0.3, -0.25) is 9.36 Å². The summed E-state index contributed by atoms with van der Waals surface area (Å²) in [6.07, 6.45) is 2.05. The minimum Gasteiger partial charge on any atom is -0.497 e. The number of hydrogen-bond donors (Lipinski definition) is 1. The molecular formula is C20H19N3O3. The highest BCUT2D eigenvalue weighted by atomic mass is 16.5. The number of anilines is 1. The summed E-state index contributed by atoms with van der Waals surface area (Å²) < 4.78 is 12.8. The fourth-order valence-corrected chi connectivity index (χ4v) is 3.36. The number of hydrogen-bond acceptors (Lipinski definition) is 4. The smallest absolute Gasteiger partial charge is 0.226 e. The van der Waals surface area contributed by atoms with E-state index in [2.05, 4.69) is 10.3 Å². The Balaban J connectivity index is 1.85. The zero-order valence-electron chi connectivity index (χ0n) is 14.6. The Morgan fingerprint density at radius 2 is 1.92 bits per heavy atom. The number of nitrogens with one attached hydrogen (secondary N) is 1. The number of rotatable bonds is 4. The molecule has 26 heavy (non-hydrogen) atoms. The molecule has 0 fully saturated rings. The molecule has 1 aliphatic rings. The zero-order valence-corrected chi connectivity index (χ0v) is 14.6. The molecule has 0 saturated carbocycles. The molecule has 6 heteroatoms. The summed E-state index contributed by atoms with van der Waals surface area (Å²) in [5.41, 5.74) is 2.65. The van der Waals surface area contributed by atoms with Crippen LogP contribution in [0.4, 0.5) is 5.82 Å². The summed E-state index contributed by atoms with van der Waals surface area (Å²) in [7, 11) is 3.24. The number of benzene rings is 2. The van der Waals surface area contributed by atoms with Crippen LogP contribution in [0.5, 0.6) is 11.5 Å². The van der Waals surface area contributed by atoms with Crippen molar-refractivity contribution in [3.8, 4) is 17.2 Å². The molecule has 1 N–H and O–H groups in total. The molecule has 0 bridgehead atoms. The van der Waals surface area contributed by atoms with E-state index in [1.807, 2.05) is 53.1 Å². The van der Waals surface area contributed by atoms with E-state index in [0.717, 1.165) is 22.7 Å². The lowest BCUT2D eigenvalue weighted by Crippen LogP contribution is -2.25. The van der Waals surface area contributed by atoms with Crippen LogP contribution in [-0.4, -0.2) is 29.7 Å². The van der Waals surface area contributed by atoms with Crippen molar-refractivity contribution in [1.82, 2.24) is 9.55 Å². The normalized spacial score (nSPS) is 15.9. The van der Waals surface area contributed by atoms with Crippen molar-refractivity contribution < 1.29 is 14.3 Å². The second-order valence-electron chi connectivity index (χ2n) is 6.10. The molecule has 4 rings (SSSR count). The summed E-state index contributed by atoms with van der Waals surface area (Å²) in [5, 5.41) is 2.96. The minimum atomic E-state index is -0.200. The van der Waals surface area contributed by atoms with E-state index in [1.165, 1.54) is 0 Å². The van der Waals surface area contributed by atoms with Crippen LogP contribution in [0, 0.1) is 0 Å². The van der Waals surface area contributed by atoms with Crippen molar-refractivity contribution in [3.63, 3.8) is 0 Å². The summed E-state index contributed by atoms with van der Waals surface area (Å²) in [6, 6.07) is 15.4. The fraction of sp³-hybridized carbons (Fsp3) is 0.200. The number of aromatic nitrogens is 2. The summed E-state index contributed by atoms with van der Waals surface area (Å²) in [4.78, 5) is 17.0. The van der Waals surface area contributed by atoms with Gasteiger partial charge in [-0.05, 0) is 30.3 Å². The molecule has 0 radical (unpaired) electrons. The number of carbonyl (C=O) groups is 1. The van der Waals surface area contributed by atoms with Gasteiger partial charge >= 0.3 is 0 Å². The third-order valence-corrected chi connectivity index (χ3v) is 4.62. The average Bonchev–Trinajstić information content (AvgIpc) is 3.11. The van der Waals surface area contributed by atoms with Crippen LogP contribution in [0.3, 0.4) is 0 Å². The number of imidazole rings is 1. The maximum atomic E-state index is 12.4. The number of amides is 1. The van der Waals surface area contributed by atoms with Gasteiger partial charge in [-0.2, -0.15) is 0 Å². The van der Waals surface area contributed by atoms with E-state index in [1.54, 1.807) is 20.5 Å². The van der Waals surface area contributed by atoms with Gasteiger partial charge in [0.1, 0.15) is 23.6 Å². The molecule has 1 amide bonds. The molecule has 0 unspecified atom stereocenters. The molecule has 0 spiro atoms. The van der Waals surface area contributed by atoms with Crippen molar-refractivity contribution in [3.05, 3.63) is 66.1 Å². The van der Waals surface area contributed by atoms with E-state index >= 15 is 0 Å². The Bertz CT molecular complexity index is 950. The first kappa shape index (κ1) is 16.2. The summed E-state index contributed by atoms with van der Waals surface area (Å²) in [6.45, 7) is 0. The molecule has 2 heterocycles. The molecule has 0 saturated heterocycles. The van der Waals surface area contributed by atoms with Crippen LogP contribution in [0.2, 0.25) is 0 Å². The monoisotopic (exact) mass is 349 g/mol. The first-order chi connectivity index (χ1) is 12.7. The molecule has 2 aromatic carbocycles. The van der Waals surface area contributed by atoms with Gasteiger partial charge in [0.05, 0.1) is 19.9 Å². The van der Waals surface area contributed by atoms with Gasteiger partial charge in [0.2, 0.25) is 5.91 Å². The quantitative estimate of drug-likeness (QED) is 0.784.